The Balaban J connectivity index is 2.84. The van der Waals surface area contributed by atoms with Crippen LogP contribution in [0.4, 0.5) is 0 Å². The SMILES string of the molecule is C=C1CCNC1=C=O. The standard InChI is InChI=1S/C6H7NO/c1-5-2-3-7-6(5)4-8/h7H,1-3H2. The maximum Gasteiger partial charge on any atom is 0.150 e. The van der Waals surface area contributed by atoms with Crippen LogP contribution in [0.1, 0.15) is 6.42 Å². The summed E-state index contributed by atoms with van der Waals surface area (Å²) in [6.07, 6.45) is 0.880. The molecule has 42 valence electrons. The molecule has 0 radical (unpaired) electrons. The van der Waals surface area contributed by atoms with Gasteiger partial charge in [0.1, 0.15) is 11.6 Å². The van der Waals surface area contributed by atoms with E-state index in [1.807, 2.05) is 0 Å². The van der Waals surface area contributed by atoms with E-state index in [1.54, 1.807) is 5.94 Å². The van der Waals surface area contributed by atoms with Crippen LogP contribution in [0.25, 0.3) is 0 Å². The van der Waals surface area contributed by atoms with E-state index in [4.69, 9.17) is 0 Å². The molecule has 2 heteroatoms. The first-order valence-corrected chi connectivity index (χ1v) is 2.51. The Kier molecular flexibility index (Phi) is 1.18. The van der Waals surface area contributed by atoms with Crippen molar-refractivity contribution < 1.29 is 4.79 Å². The van der Waals surface area contributed by atoms with Crippen molar-refractivity contribution in [3.8, 4) is 0 Å². The minimum absolute atomic E-state index is 0.546. The molecular formula is C6H7NO. The van der Waals surface area contributed by atoms with Gasteiger partial charge >= 0.3 is 0 Å². The number of hydrogen-bond acceptors (Lipinski definition) is 2. The Labute approximate surface area is 47.9 Å². The normalized spacial score (nSPS) is 18.0. The Morgan fingerprint density at radius 2 is 2.50 bits per heavy atom. The van der Waals surface area contributed by atoms with Crippen LogP contribution in [-0.2, 0) is 4.79 Å². The molecule has 1 saturated heterocycles. The minimum atomic E-state index is 0.546. The van der Waals surface area contributed by atoms with Crippen LogP contribution in [0.5, 0.6) is 0 Å². The van der Waals surface area contributed by atoms with E-state index >= 15 is 0 Å². The van der Waals surface area contributed by atoms with Crippen molar-refractivity contribution in [2.75, 3.05) is 6.54 Å². The quantitative estimate of drug-likeness (QED) is 0.452. The first-order chi connectivity index (χ1) is 3.84. The average molecular weight is 109 g/mol. The lowest BCUT2D eigenvalue weighted by Gasteiger charge is -1.87. The van der Waals surface area contributed by atoms with Crippen LogP contribution in [-0.4, -0.2) is 12.5 Å². The number of nitrogens with one attached hydrogen (secondary N) is 1. The van der Waals surface area contributed by atoms with Gasteiger partial charge in [-0.25, -0.2) is 4.79 Å². The van der Waals surface area contributed by atoms with Crippen molar-refractivity contribution in [1.82, 2.24) is 5.32 Å². The van der Waals surface area contributed by atoms with E-state index in [1.165, 1.54) is 0 Å². The lowest BCUT2D eigenvalue weighted by atomic mass is 10.2. The maximum atomic E-state index is 9.93. The molecule has 1 fully saturated rings. The van der Waals surface area contributed by atoms with Gasteiger partial charge in [0, 0.05) is 6.54 Å². The average Bonchev–Trinajstić information content (AvgIpc) is 2.14. The molecule has 0 aromatic rings. The van der Waals surface area contributed by atoms with E-state index in [-0.39, 0.29) is 0 Å². The van der Waals surface area contributed by atoms with E-state index in [2.05, 4.69) is 11.9 Å². The van der Waals surface area contributed by atoms with Gasteiger partial charge in [-0.2, -0.15) is 0 Å². The van der Waals surface area contributed by atoms with Crippen LogP contribution in [0.15, 0.2) is 17.8 Å². The molecule has 8 heavy (non-hydrogen) atoms. The number of allylic oxidation sites excluding steroid dienone is 1. The topological polar surface area (TPSA) is 29.1 Å². The number of hydrogen-bond donors (Lipinski definition) is 1. The third-order valence-corrected chi connectivity index (χ3v) is 1.18. The Hall–Kier alpha value is -1.01. The van der Waals surface area contributed by atoms with Gasteiger partial charge in [-0.15, -0.1) is 0 Å². The van der Waals surface area contributed by atoms with Gasteiger partial charge < -0.3 is 5.32 Å². The van der Waals surface area contributed by atoms with E-state index < -0.39 is 0 Å². The molecule has 0 aromatic carbocycles. The highest BCUT2D eigenvalue weighted by Crippen LogP contribution is 2.11. The van der Waals surface area contributed by atoms with Gasteiger partial charge in [-0.05, 0) is 12.0 Å². The fourth-order valence-electron chi connectivity index (χ4n) is 0.697. The largest absolute Gasteiger partial charge is 0.376 e. The summed E-state index contributed by atoms with van der Waals surface area (Å²) in [6, 6.07) is 0. The molecule has 0 bridgehead atoms. The fraction of sp³-hybridized carbons (Fsp3) is 0.333. The highest BCUT2D eigenvalue weighted by atomic mass is 16.1. The molecule has 1 heterocycles. The highest BCUT2D eigenvalue weighted by molar-refractivity contribution is 5.60. The molecule has 2 nitrogen and oxygen atoms in total. The highest BCUT2D eigenvalue weighted by Gasteiger charge is 2.09. The minimum Gasteiger partial charge on any atom is -0.376 e. The zero-order chi connectivity index (χ0) is 5.98. The fourth-order valence-corrected chi connectivity index (χ4v) is 0.697. The van der Waals surface area contributed by atoms with Crippen molar-refractivity contribution in [3.05, 3.63) is 17.8 Å². The molecule has 1 aliphatic rings. The summed E-state index contributed by atoms with van der Waals surface area (Å²) in [7, 11) is 0. The molecule has 0 amide bonds. The maximum absolute atomic E-state index is 9.93. The molecule has 0 atom stereocenters. The van der Waals surface area contributed by atoms with Crippen molar-refractivity contribution >= 4 is 5.94 Å². The molecule has 0 aliphatic carbocycles. The lowest BCUT2D eigenvalue weighted by Crippen LogP contribution is -2.03. The van der Waals surface area contributed by atoms with E-state index in [9.17, 15) is 4.79 Å². The summed E-state index contributed by atoms with van der Waals surface area (Å²) >= 11 is 0. The molecule has 1 rings (SSSR count). The zero-order valence-corrected chi connectivity index (χ0v) is 4.53. The van der Waals surface area contributed by atoms with E-state index in [0.29, 0.717) is 5.70 Å². The monoisotopic (exact) mass is 109 g/mol. The summed E-state index contributed by atoms with van der Waals surface area (Å²) in [5.74, 6) is 1.77. The van der Waals surface area contributed by atoms with Gasteiger partial charge in [-0.3, -0.25) is 0 Å². The van der Waals surface area contributed by atoms with Gasteiger partial charge in [0.25, 0.3) is 0 Å². The van der Waals surface area contributed by atoms with Crippen molar-refractivity contribution in [3.63, 3.8) is 0 Å². The second-order valence-corrected chi connectivity index (χ2v) is 1.76. The second-order valence-electron chi connectivity index (χ2n) is 1.76. The zero-order valence-electron chi connectivity index (χ0n) is 4.53. The molecule has 1 N–H and O–H groups in total. The summed E-state index contributed by atoms with van der Waals surface area (Å²) in [5.41, 5.74) is 1.42. The summed E-state index contributed by atoms with van der Waals surface area (Å²) in [6.45, 7) is 4.48. The molecule has 1 aliphatic heterocycles. The predicted molar refractivity (Wildman–Crippen MR) is 31.0 cm³/mol. The first kappa shape index (κ1) is 5.13. The number of rotatable bonds is 0. The van der Waals surface area contributed by atoms with Gasteiger partial charge in [-0.1, -0.05) is 6.58 Å². The van der Waals surface area contributed by atoms with Crippen LogP contribution >= 0.6 is 0 Å². The van der Waals surface area contributed by atoms with Crippen LogP contribution < -0.4 is 5.32 Å². The molecule has 0 aromatic heterocycles. The smallest absolute Gasteiger partial charge is 0.150 e. The molecule has 0 saturated carbocycles. The van der Waals surface area contributed by atoms with Crippen molar-refractivity contribution in [1.29, 1.82) is 0 Å². The first-order valence-electron chi connectivity index (χ1n) is 2.51. The second kappa shape index (κ2) is 1.85. The molecule has 0 spiro atoms. The van der Waals surface area contributed by atoms with Crippen LogP contribution in [0.3, 0.4) is 0 Å². The third kappa shape index (κ3) is 0.658. The predicted octanol–water partition coefficient (Wildman–Crippen LogP) is 0.251. The Bertz CT molecular complexity index is 165. The summed E-state index contributed by atoms with van der Waals surface area (Å²) in [5, 5.41) is 2.85. The van der Waals surface area contributed by atoms with Gasteiger partial charge in [0.15, 0.2) is 0 Å². The Morgan fingerprint density at radius 3 is 2.75 bits per heavy atom. The summed E-state index contributed by atoms with van der Waals surface area (Å²) < 4.78 is 0. The molecule has 0 unspecified atom stereocenters. The summed E-state index contributed by atoms with van der Waals surface area (Å²) in [4.78, 5) is 9.93. The third-order valence-electron chi connectivity index (χ3n) is 1.18. The van der Waals surface area contributed by atoms with E-state index in [0.717, 1.165) is 18.5 Å². The lowest BCUT2D eigenvalue weighted by molar-refractivity contribution is 0.566. The molecular weight excluding hydrogens is 102 g/mol. The van der Waals surface area contributed by atoms with Crippen molar-refractivity contribution in [2.45, 2.75) is 6.42 Å². The van der Waals surface area contributed by atoms with Crippen molar-refractivity contribution in [2.24, 2.45) is 0 Å². The van der Waals surface area contributed by atoms with Crippen LogP contribution in [0, 0.1) is 0 Å². The Morgan fingerprint density at radius 1 is 1.75 bits per heavy atom. The van der Waals surface area contributed by atoms with Crippen LogP contribution in [0.2, 0.25) is 0 Å². The van der Waals surface area contributed by atoms with Gasteiger partial charge in [0.2, 0.25) is 0 Å². The number of carbonyl (C=O) groups excluding carboxylic acids is 1. The van der Waals surface area contributed by atoms with Gasteiger partial charge in [0.05, 0.1) is 0 Å².